The van der Waals surface area contributed by atoms with E-state index in [1.165, 1.54) is 12.1 Å². The van der Waals surface area contributed by atoms with Crippen LogP contribution in [0.2, 0.25) is 5.02 Å². The summed E-state index contributed by atoms with van der Waals surface area (Å²) in [4.78, 5) is 4.37. The van der Waals surface area contributed by atoms with Gasteiger partial charge >= 0.3 is 0 Å². The summed E-state index contributed by atoms with van der Waals surface area (Å²) in [5.74, 6) is 0.609. The Bertz CT molecular complexity index is 584. The zero-order valence-corrected chi connectivity index (χ0v) is 12.4. The van der Waals surface area contributed by atoms with Crippen molar-refractivity contribution in [1.29, 1.82) is 0 Å². The Morgan fingerprint density at radius 3 is 2.80 bits per heavy atom. The highest BCUT2D eigenvalue weighted by Gasteiger charge is 2.22. The zero-order chi connectivity index (χ0) is 14.7. The average Bonchev–Trinajstić information content (AvgIpc) is 2.93. The molecule has 1 heterocycles. The number of aromatic nitrogens is 2. The van der Waals surface area contributed by atoms with Gasteiger partial charge in [0.05, 0.1) is 10.9 Å². The fourth-order valence-electron chi connectivity index (χ4n) is 2.15. The summed E-state index contributed by atoms with van der Waals surface area (Å²) < 4.78 is 18.4. The van der Waals surface area contributed by atoms with Gasteiger partial charge in [-0.25, -0.2) is 4.39 Å². The molecule has 2 atom stereocenters. The molecule has 0 aliphatic carbocycles. The second-order valence-electron chi connectivity index (χ2n) is 4.68. The number of hydrogen-bond acceptors (Lipinski definition) is 4. The van der Waals surface area contributed by atoms with E-state index in [9.17, 15) is 4.39 Å². The highest BCUT2D eigenvalue weighted by molar-refractivity contribution is 6.31. The summed E-state index contributed by atoms with van der Waals surface area (Å²) in [6.45, 7) is 4.12. The van der Waals surface area contributed by atoms with Crippen LogP contribution in [0, 0.1) is 5.82 Å². The molecule has 1 N–H and O–H groups in total. The van der Waals surface area contributed by atoms with E-state index in [2.05, 4.69) is 22.4 Å². The van der Waals surface area contributed by atoms with Crippen LogP contribution in [0.1, 0.15) is 32.1 Å². The third kappa shape index (κ3) is 2.99. The molecule has 0 saturated carbocycles. The van der Waals surface area contributed by atoms with Crippen molar-refractivity contribution in [3.63, 3.8) is 0 Å². The van der Waals surface area contributed by atoms with Crippen LogP contribution in [-0.4, -0.2) is 23.2 Å². The molecule has 1 aromatic heterocycles. The number of nitrogens with zero attached hydrogens (tertiary/aromatic N) is 2. The molecular formula is C14H17ClFN3O. The van der Waals surface area contributed by atoms with E-state index < -0.39 is 5.82 Å². The average molecular weight is 298 g/mol. The third-order valence-corrected chi connectivity index (χ3v) is 3.71. The molecule has 0 fully saturated rings. The minimum absolute atomic E-state index is 0.0450. The smallest absolute Gasteiger partial charge is 0.231 e. The first kappa shape index (κ1) is 14.9. The zero-order valence-electron chi connectivity index (χ0n) is 11.7. The maximum Gasteiger partial charge on any atom is 0.231 e. The van der Waals surface area contributed by atoms with Crippen molar-refractivity contribution in [3.8, 4) is 11.4 Å². The summed E-state index contributed by atoms with van der Waals surface area (Å²) in [5, 5.41) is 7.20. The van der Waals surface area contributed by atoms with E-state index in [0.29, 0.717) is 17.3 Å². The van der Waals surface area contributed by atoms with Crippen molar-refractivity contribution in [2.24, 2.45) is 0 Å². The van der Waals surface area contributed by atoms with Gasteiger partial charge in [0.2, 0.25) is 11.7 Å². The number of nitrogens with one attached hydrogen (secondary N) is 1. The van der Waals surface area contributed by atoms with Crippen LogP contribution in [0.5, 0.6) is 0 Å². The number of likely N-dealkylation sites (N-methyl/N-ethyl adjacent to an activating group) is 1. The molecule has 6 heteroatoms. The van der Waals surface area contributed by atoms with Gasteiger partial charge in [-0.2, -0.15) is 4.98 Å². The highest BCUT2D eigenvalue weighted by Crippen LogP contribution is 2.25. The van der Waals surface area contributed by atoms with Gasteiger partial charge in [-0.15, -0.1) is 0 Å². The first-order valence-corrected chi connectivity index (χ1v) is 6.90. The molecule has 0 radical (unpaired) electrons. The molecule has 0 aliphatic rings. The van der Waals surface area contributed by atoms with Crippen molar-refractivity contribution < 1.29 is 8.91 Å². The first-order chi connectivity index (χ1) is 9.56. The molecule has 0 aliphatic heterocycles. The predicted molar refractivity (Wildman–Crippen MR) is 76.3 cm³/mol. The molecule has 4 nitrogen and oxygen atoms in total. The Hall–Kier alpha value is -1.46. The van der Waals surface area contributed by atoms with Gasteiger partial charge in [-0.3, -0.25) is 0 Å². The fraction of sp³-hybridized carbons (Fsp3) is 0.429. The van der Waals surface area contributed by atoms with Crippen LogP contribution in [0.4, 0.5) is 4.39 Å². The summed E-state index contributed by atoms with van der Waals surface area (Å²) in [6.07, 6.45) is 0.956. The lowest BCUT2D eigenvalue weighted by Crippen LogP contribution is -2.30. The van der Waals surface area contributed by atoms with E-state index in [-0.39, 0.29) is 17.0 Å². The Morgan fingerprint density at radius 2 is 2.20 bits per heavy atom. The van der Waals surface area contributed by atoms with Crippen molar-refractivity contribution in [2.45, 2.75) is 32.2 Å². The van der Waals surface area contributed by atoms with Crippen LogP contribution in [0.15, 0.2) is 22.7 Å². The van der Waals surface area contributed by atoms with Crippen molar-refractivity contribution in [3.05, 3.63) is 34.9 Å². The lowest BCUT2D eigenvalue weighted by atomic mass is 10.00. The van der Waals surface area contributed by atoms with Gasteiger partial charge in [0.15, 0.2) is 0 Å². The molecule has 108 valence electrons. The van der Waals surface area contributed by atoms with Crippen LogP contribution in [0.3, 0.4) is 0 Å². The number of halogens is 2. The minimum Gasteiger partial charge on any atom is -0.339 e. The minimum atomic E-state index is -0.464. The standard InChI is InChI=1S/C14H17ClFN3O/c1-4-12(17-3)8(2)14-18-13(19-20-14)9-5-6-11(16)10(15)7-9/h5-8,12,17H,4H2,1-3H3. The second-order valence-corrected chi connectivity index (χ2v) is 5.08. The van der Waals surface area contributed by atoms with Crippen molar-refractivity contribution in [1.82, 2.24) is 15.5 Å². The van der Waals surface area contributed by atoms with Crippen LogP contribution < -0.4 is 5.32 Å². The molecule has 0 saturated heterocycles. The Morgan fingerprint density at radius 1 is 1.45 bits per heavy atom. The van der Waals surface area contributed by atoms with Gasteiger partial charge in [-0.05, 0) is 31.7 Å². The van der Waals surface area contributed by atoms with E-state index in [0.717, 1.165) is 6.42 Å². The predicted octanol–water partition coefficient (Wildman–Crippen LogP) is 3.63. The van der Waals surface area contributed by atoms with E-state index >= 15 is 0 Å². The van der Waals surface area contributed by atoms with E-state index in [4.69, 9.17) is 16.1 Å². The molecule has 2 aromatic rings. The number of benzene rings is 1. The molecule has 2 unspecified atom stereocenters. The molecule has 1 aromatic carbocycles. The summed E-state index contributed by atoms with van der Waals surface area (Å²) in [5.41, 5.74) is 0.635. The Balaban J connectivity index is 2.26. The van der Waals surface area contributed by atoms with Gasteiger partial charge in [0.1, 0.15) is 5.82 Å². The lowest BCUT2D eigenvalue weighted by Gasteiger charge is -2.18. The fourth-order valence-corrected chi connectivity index (χ4v) is 2.33. The highest BCUT2D eigenvalue weighted by atomic mass is 35.5. The van der Waals surface area contributed by atoms with Crippen LogP contribution in [-0.2, 0) is 0 Å². The summed E-state index contributed by atoms with van der Waals surface area (Å²) in [6, 6.07) is 4.63. The largest absolute Gasteiger partial charge is 0.339 e. The van der Waals surface area contributed by atoms with E-state index in [1.54, 1.807) is 6.07 Å². The van der Waals surface area contributed by atoms with E-state index in [1.807, 2.05) is 14.0 Å². The summed E-state index contributed by atoms with van der Waals surface area (Å²) in [7, 11) is 1.90. The van der Waals surface area contributed by atoms with Gasteiger partial charge < -0.3 is 9.84 Å². The Labute approximate surface area is 122 Å². The molecular weight excluding hydrogens is 281 g/mol. The second kappa shape index (κ2) is 6.33. The normalized spacial score (nSPS) is 14.2. The number of hydrogen-bond donors (Lipinski definition) is 1. The quantitative estimate of drug-likeness (QED) is 0.915. The SMILES string of the molecule is CCC(NC)C(C)c1nc(-c2ccc(F)c(Cl)c2)no1. The molecule has 2 rings (SSSR count). The van der Waals surface area contributed by atoms with Crippen molar-refractivity contribution >= 4 is 11.6 Å². The van der Waals surface area contributed by atoms with Gasteiger partial charge in [0, 0.05) is 11.6 Å². The van der Waals surface area contributed by atoms with Crippen LogP contribution >= 0.6 is 11.6 Å². The number of rotatable bonds is 5. The molecule has 0 spiro atoms. The molecule has 20 heavy (non-hydrogen) atoms. The maximum absolute atomic E-state index is 13.1. The molecule has 0 bridgehead atoms. The van der Waals surface area contributed by atoms with Crippen LogP contribution in [0.25, 0.3) is 11.4 Å². The first-order valence-electron chi connectivity index (χ1n) is 6.53. The monoisotopic (exact) mass is 297 g/mol. The third-order valence-electron chi connectivity index (χ3n) is 3.42. The molecule has 0 amide bonds. The Kier molecular flexibility index (Phi) is 4.73. The lowest BCUT2D eigenvalue weighted by molar-refractivity contribution is 0.326. The summed E-state index contributed by atoms with van der Waals surface area (Å²) >= 11 is 5.76. The topological polar surface area (TPSA) is 51.0 Å². The maximum atomic E-state index is 13.1. The van der Waals surface area contributed by atoms with Crippen molar-refractivity contribution in [2.75, 3.05) is 7.05 Å². The van der Waals surface area contributed by atoms with Gasteiger partial charge in [0.25, 0.3) is 0 Å². The van der Waals surface area contributed by atoms with Gasteiger partial charge in [-0.1, -0.05) is 30.6 Å².